The number of nitrogens with one attached hydrogen (secondary N) is 1. The minimum atomic E-state index is 0.345. The fourth-order valence-electron chi connectivity index (χ4n) is 3.24. The Bertz CT molecular complexity index is 845. The lowest BCUT2D eigenvalue weighted by Crippen LogP contribution is -2.47. The number of piperidine rings is 1. The predicted molar refractivity (Wildman–Crippen MR) is 92.1 cm³/mol. The van der Waals surface area contributed by atoms with Gasteiger partial charge in [-0.25, -0.2) is 19.9 Å². The van der Waals surface area contributed by atoms with Gasteiger partial charge in [0.2, 0.25) is 5.95 Å². The molecule has 3 aromatic heterocycles. The van der Waals surface area contributed by atoms with Gasteiger partial charge in [0, 0.05) is 38.1 Å². The summed E-state index contributed by atoms with van der Waals surface area (Å²) in [7, 11) is 2.07. The van der Waals surface area contributed by atoms with Crippen LogP contribution in [0.3, 0.4) is 0 Å². The van der Waals surface area contributed by atoms with Crippen LogP contribution < -0.4 is 9.80 Å². The van der Waals surface area contributed by atoms with Crippen LogP contribution in [0.1, 0.15) is 18.5 Å². The van der Waals surface area contributed by atoms with E-state index in [0.29, 0.717) is 6.04 Å². The molecule has 0 aromatic carbocycles. The van der Waals surface area contributed by atoms with Crippen LogP contribution in [-0.4, -0.2) is 56.3 Å². The monoisotopic (exact) mass is 324 g/mol. The Morgan fingerprint density at radius 2 is 2.21 bits per heavy atom. The van der Waals surface area contributed by atoms with Crippen LogP contribution in [0.4, 0.5) is 11.8 Å². The van der Waals surface area contributed by atoms with E-state index in [2.05, 4.69) is 47.0 Å². The summed E-state index contributed by atoms with van der Waals surface area (Å²) in [5, 5.41) is 7.96. The molecule has 3 aromatic rings. The van der Waals surface area contributed by atoms with Crippen LogP contribution in [0, 0.1) is 6.92 Å². The first-order valence-corrected chi connectivity index (χ1v) is 8.14. The average molecular weight is 324 g/mol. The fourth-order valence-corrected chi connectivity index (χ4v) is 3.24. The maximum absolute atomic E-state index is 4.54. The standard InChI is InChI=1S/C16H20N8/c1-11-5-6-17-16(21-11)23(2)12-4-3-7-24(9-12)15-13-8-20-22-14(13)18-10-19-15/h5-6,8,10,12H,3-4,7,9H2,1-2H3,(H,18,19,20,22). The van der Waals surface area contributed by atoms with Gasteiger partial charge < -0.3 is 9.80 Å². The zero-order chi connectivity index (χ0) is 16.5. The second-order valence-electron chi connectivity index (χ2n) is 6.18. The van der Waals surface area contributed by atoms with Crippen LogP contribution >= 0.6 is 0 Å². The summed E-state index contributed by atoms with van der Waals surface area (Å²) in [5.74, 6) is 1.72. The van der Waals surface area contributed by atoms with Crippen molar-refractivity contribution in [2.24, 2.45) is 0 Å². The summed E-state index contributed by atoms with van der Waals surface area (Å²) >= 11 is 0. The van der Waals surface area contributed by atoms with E-state index in [-0.39, 0.29) is 0 Å². The van der Waals surface area contributed by atoms with Gasteiger partial charge in [0.1, 0.15) is 12.1 Å². The second kappa shape index (κ2) is 6.03. The van der Waals surface area contributed by atoms with E-state index in [1.807, 2.05) is 19.2 Å². The summed E-state index contributed by atoms with van der Waals surface area (Å²) in [6, 6.07) is 2.26. The molecule has 1 atom stereocenters. The summed E-state index contributed by atoms with van der Waals surface area (Å²) in [5.41, 5.74) is 1.76. The molecule has 0 bridgehead atoms. The van der Waals surface area contributed by atoms with E-state index < -0.39 is 0 Å². The number of hydrogen-bond acceptors (Lipinski definition) is 7. The van der Waals surface area contributed by atoms with Crippen molar-refractivity contribution in [1.82, 2.24) is 30.1 Å². The summed E-state index contributed by atoms with van der Waals surface area (Å²) in [6.45, 7) is 3.85. The van der Waals surface area contributed by atoms with E-state index in [1.165, 1.54) is 0 Å². The highest BCUT2D eigenvalue weighted by Gasteiger charge is 2.26. The Kier molecular flexibility index (Phi) is 3.72. The number of H-pyrrole nitrogens is 1. The quantitative estimate of drug-likeness (QED) is 0.782. The molecule has 0 spiro atoms. The summed E-state index contributed by atoms with van der Waals surface area (Å²) < 4.78 is 0. The van der Waals surface area contributed by atoms with Gasteiger partial charge in [0.05, 0.1) is 11.6 Å². The highest BCUT2D eigenvalue weighted by atomic mass is 15.3. The first-order chi connectivity index (χ1) is 11.7. The van der Waals surface area contributed by atoms with Crippen LogP contribution in [0.5, 0.6) is 0 Å². The van der Waals surface area contributed by atoms with Gasteiger partial charge in [-0.15, -0.1) is 0 Å². The lowest BCUT2D eigenvalue weighted by atomic mass is 10.0. The van der Waals surface area contributed by atoms with Crippen molar-refractivity contribution in [3.63, 3.8) is 0 Å². The van der Waals surface area contributed by atoms with Crippen molar-refractivity contribution in [3.8, 4) is 0 Å². The number of rotatable bonds is 3. The highest BCUT2D eigenvalue weighted by molar-refractivity contribution is 5.86. The Labute approximate surface area is 140 Å². The van der Waals surface area contributed by atoms with Crippen molar-refractivity contribution in [3.05, 3.63) is 30.5 Å². The molecule has 0 amide bonds. The molecule has 1 unspecified atom stereocenters. The third kappa shape index (κ3) is 2.64. The van der Waals surface area contributed by atoms with Gasteiger partial charge in [-0.05, 0) is 25.8 Å². The molecule has 0 saturated carbocycles. The van der Waals surface area contributed by atoms with Crippen molar-refractivity contribution in [1.29, 1.82) is 0 Å². The maximum Gasteiger partial charge on any atom is 0.225 e. The number of aromatic amines is 1. The van der Waals surface area contributed by atoms with Gasteiger partial charge in [-0.3, -0.25) is 5.10 Å². The Hall–Kier alpha value is -2.77. The van der Waals surface area contributed by atoms with Crippen molar-refractivity contribution in [2.75, 3.05) is 29.9 Å². The topological polar surface area (TPSA) is 86.7 Å². The largest absolute Gasteiger partial charge is 0.354 e. The molecule has 0 radical (unpaired) electrons. The lowest BCUT2D eigenvalue weighted by Gasteiger charge is -2.38. The molecule has 4 heterocycles. The van der Waals surface area contributed by atoms with E-state index in [1.54, 1.807) is 12.5 Å². The summed E-state index contributed by atoms with van der Waals surface area (Å²) in [4.78, 5) is 22.1. The molecule has 1 fully saturated rings. The third-order valence-corrected chi connectivity index (χ3v) is 4.57. The van der Waals surface area contributed by atoms with Crippen molar-refractivity contribution in [2.45, 2.75) is 25.8 Å². The SMILES string of the molecule is Cc1ccnc(N(C)C2CCCN(c3ncnc4[nH]ncc34)C2)n1. The molecule has 0 aliphatic carbocycles. The molecule has 24 heavy (non-hydrogen) atoms. The lowest BCUT2D eigenvalue weighted by molar-refractivity contribution is 0.481. The van der Waals surface area contributed by atoms with Crippen LogP contribution in [-0.2, 0) is 0 Å². The summed E-state index contributed by atoms with van der Waals surface area (Å²) in [6.07, 6.45) is 7.41. The minimum absolute atomic E-state index is 0.345. The van der Waals surface area contributed by atoms with Crippen molar-refractivity contribution >= 4 is 22.8 Å². The first kappa shape index (κ1) is 14.8. The van der Waals surface area contributed by atoms with Crippen LogP contribution in [0.15, 0.2) is 24.8 Å². The second-order valence-corrected chi connectivity index (χ2v) is 6.18. The molecule has 8 heteroatoms. The molecule has 8 nitrogen and oxygen atoms in total. The maximum atomic E-state index is 4.54. The zero-order valence-electron chi connectivity index (χ0n) is 13.8. The molecular formula is C16H20N8. The fraction of sp³-hybridized carbons (Fsp3) is 0.438. The first-order valence-electron chi connectivity index (χ1n) is 8.14. The van der Waals surface area contributed by atoms with Crippen LogP contribution in [0.25, 0.3) is 11.0 Å². The zero-order valence-corrected chi connectivity index (χ0v) is 13.8. The Morgan fingerprint density at radius 1 is 1.29 bits per heavy atom. The van der Waals surface area contributed by atoms with Crippen molar-refractivity contribution < 1.29 is 0 Å². The van der Waals surface area contributed by atoms with Gasteiger partial charge in [-0.2, -0.15) is 5.10 Å². The highest BCUT2D eigenvalue weighted by Crippen LogP contribution is 2.26. The molecule has 1 aliphatic rings. The van der Waals surface area contributed by atoms with Gasteiger partial charge in [0.15, 0.2) is 5.65 Å². The number of fused-ring (bicyclic) bond motifs is 1. The number of nitrogens with zero attached hydrogens (tertiary/aromatic N) is 7. The number of likely N-dealkylation sites (N-methyl/N-ethyl adjacent to an activating group) is 1. The molecule has 1 aliphatic heterocycles. The van der Waals surface area contributed by atoms with Gasteiger partial charge in [-0.1, -0.05) is 0 Å². The molecule has 1 saturated heterocycles. The number of anilines is 2. The van der Waals surface area contributed by atoms with Gasteiger partial charge in [0.25, 0.3) is 0 Å². The minimum Gasteiger partial charge on any atom is -0.354 e. The Balaban J connectivity index is 1.58. The van der Waals surface area contributed by atoms with E-state index in [0.717, 1.165) is 54.4 Å². The smallest absolute Gasteiger partial charge is 0.225 e. The molecule has 1 N–H and O–H groups in total. The molecule has 4 rings (SSSR count). The Morgan fingerprint density at radius 3 is 3.08 bits per heavy atom. The number of aryl methyl sites for hydroxylation is 1. The number of hydrogen-bond donors (Lipinski definition) is 1. The van der Waals surface area contributed by atoms with E-state index in [4.69, 9.17) is 0 Å². The van der Waals surface area contributed by atoms with Gasteiger partial charge >= 0.3 is 0 Å². The van der Waals surface area contributed by atoms with E-state index >= 15 is 0 Å². The normalized spacial score (nSPS) is 18.1. The third-order valence-electron chi connectivity index (χ3n) is 4.57. The van der Waals surface area contributed by atoms with E-state index in [9.17, 15) is 0 Å². The average Bonchev–Trinajstić information content (AvgIpc) is 3.10. The molecule has 124 valence electrons. The number of aromatic nitrogens is 6. The van der Waals surface area contributed by atoms with Crippen LogP contribution in [0.2, 0.25) is 0 Å². The predicted octanol–water partition coefficient (Wildman–Crippen LogP) is 1.56. The molecular weight excluding hydrogens is 304 g/mol.